The highest BCUT2D eigenvalue weighted by atomic mass is 35.5. The van der Waals surface area contributed by atoms with E-state index in [1.807, 2.05) is 0 Å². The summed E-state index contributed by atoms with van der Waals surface area (Å²) in [6.45, 7) is 0.167. The molecule has 1 aromatic carbocycles. The third kappa shape index (κ3) is 1.28. The maximum Gasteiger partial charge on any atom is 0.146 e. The molecule has 0 aliphatic heterocycles. The first-order valence-electron chi connectivity index (χ1n) is 2.80. The van der Waals surface area contributed by atoms with Gasteiger partial charge in [-0.3, -0.25) is 0 Å². The second-order valence-electron chi connectivity index (χ2n) is 1.83. The van der Waals surface area contributed by atoms with Crippen LogP contribution in [0.15, 0.2) is 12.1 Å². The van der Waals surface area contributed by atoms with E-state index in [9.17, 15) is 4.39 Å². The van der Waals surface area contributed by atoms with Gasteiger partial charge in [0.2, 0.25) is 0 Å². The van der Waals surface area contributed by atoms with E-state index < -0.39 is 5.82 Å². The van der Waals surface area contributed by atoms with Gasteiger partial charge in [0.15, 0.2) is 0 Å². The maximum absolute atomic E-state index is 12.8. The summed E-state index contributed by atoms with van der Waals surface area (Å²) in [6, 6.07) is 5.62. The van der Waals surface area contributed by atoms with Gasteiger partial charge in [-0.05, 0) is 0 Å². The van der Waals surface area contributed by atoms with Crippen molar-refractivity contribution >= 4 is 11.6 Å². The quantitative estimate of drug-likeness (QED) is 0.662. The molecule has 1 rings (SSSR count). The van der Waals surface area contributed by atoms with E-state index in [1.165, 1.54) is 0 Å². The Morgan fingerprint density at radius 1 is 1.70 bits per heavy atom. The number of nitrogens with two attached hydrogens (primary N) is 1. The van der Waals surface area contributed by atoms with Gasteiger partial charge in [0, 0.05) is 18.2 Å². The van der Waals surface area contributed by atoms with Crippen molar-refractivity contribution in [2.45, 2.75) is 6.54 Å². The molecule has 0 atom stereocenters. The summed E-state index contributed by atoms with van der Waals surface area (Å²) in [5.41, 5.74) is 5.63. The van der Waals surface area contributed by atoms with E-state index in [0.29, 0.717) is 5.56 Å². The van der Waals surface area contributed by atoms with Crippen LogP contribution in [0.3, 0.4) is 0 Å². The Balaban J connectivity index is 3.14. The number of hydrogen-bond donors (Lipinski definition) is 1. The zero-order valence-corrected chi connectivity index (χ0v) is 5.95. The van der Waals surface area contributed by atoms with Crippen LogP contribution in [0, 0.1) is 11.9 Å². The summed E-state index contributed by atoms with van der Waals surface area (Å²) in [7, 11) is 0. The number of rotatable bonds is 1. The lowest BCUT2D eigenvalue weighted by atomic mass is 10.2. The molecule has 0 amide bonds. The maximum atomic E-state index is 12.8. The lowest BCUT2D eigenvalue weighted by Crippen LogP contribution is -1.99. The molecule has 3 heteroatoms. The molecular formula is C7H6ClFN. The molecule has 0 heterocycles. The molecule has 0 fully saturated rings. The molecule has 0 spiro atoms. The Labute approximate surface area is 63.6 Å². The Morgan fingerprint density at radius 2 is 2.40 bits per heavy atom. The van der Waals surface area contributed by atoms with Crippen molar-refractivity contribution < 1.29 is 4.39 Å². The van der Waals surface area contributed by atoms with Gasteiger partial charge in [-0.25, -0.2) is 4.39 Å². The molecule has 53 valence electrons. The van der Waals surface area contributed by atoms with Crippen molar-refractivity contribution in [2.75, 3.05) is 0 Å². The van der Waals surface area contributed by atoms with E-state index in [-0.39, 0.29) is 11.6 Å². The largest absolute Gasteiger partial charge is 0.326 e. The number of halogens is 2. The van der Waals surface area contributed by atoms with Crippen LogP contribution in [0.25, 0.3) is 0 Å². The van der Waals surface area contributed by atoms with Gasteiger partial charge in [0.25, 0.3) is 0 Å². The van der Waals surface area contributed by atoms with Crippen LogP contribution in [-0.4, -0.2) is 0 Å². The first-order chi connectivity index (χ1) is 4.75. The van der Waals surface area contributed by atoms with Crippen molar-refractivity contribution in [3.8, 4) is 0 Å². The summed E-state index contributed by atoms with van der Waals surface area (Å²) in [6.07, 6.45) is 0. The van der Waals surface area contributed by atoms with Crippen LogP contribution in [0.1, 0.15) is 5.56 Å². The van der Waals surface area contributed by atoms with Gasteiger partial charge in [-0.15, -0.1) is 0 Å². The minimum absolute atomic E-state index is 0.00273. The Bertz CT molecular complexity index is 237. The molecular weight excluding hydrogens is 153 g/mol. The smallest absolute Gasteiger partial charge is 0.146 e. The summed E-state index contributed by atoms with van der Waals surface area (Å²) >= 11 is 5.41. The van der Waals surface area contributed by atoms with Crippen molar-refractivity contribution in [1.29, 1.82) is 0 Å². The van der Waals surface area contributed by atoms with Gasteiger partial charge in [-0.2, -0.15) is 0 Å². The number of hydrogen-bond acceptors (Lipinski definition) is 1. The molecule has 0 unspecified atom stereocenters. The van der Waals surface area contributed by atoms with Crippen molar-refractivity contribution in [3.05, 3.63) is 34.6 Å². The molecule has 2 N–H and O–H groups in total. The van der Waals surface area contributed by atoms with Crippen LogP contribution < -0.4 is 5.73 Å². The molecule has 0 aliphatic carbocycles. The molecule has 0 aliphatic rings. The van der Waals surface area contributed by atoms with E-state index in [0.717, 1.165) is 0 Å². The number of benzene rings is 1. The van der Waals surface area contributed by atoms with Crippen LogP contribution >= 0.6 is 11.6 Å². The third-order valence-electron chi connectivity index (χ3n) is 1.19. The molecule has 1 aromatic rings. The summed E-state index contributed by atoms with van der Waals surface area (Å²) in [4.78, 5) is 0. The van der Waals surface area contributed by atoms with Crippen LogP contribution in [0.2, 0.25) is 5.02 Å². The van der Waals surface area contributed by atoms with E-state index in [4.69, 9.17) is 17.3 Å². The highest BCUT2D eigenvalue weighted by molar-refractivity contribution is 6.30. The highest BCUT2D eigenvalue weighted by Crippen LogP contribution is 2.16. The molecule has 1 nitrogen and oxygen atoms in total. The fourth-order valence-corrected chi connectivity index (χ4v) is 0.835. The van der Waals surface area contributed by atoms with Gasteiger partial charge in [0.05, 0.1) is 5.02 Å². The van der Waals surface area contributed by atoms with Gasteiger partial charge in [0.1, 0.15) is 5.82 Å². The zero-order valence-electron chi connectivity index (χ0n) is 5.20. The second-order valence-corrected chi connectivity index (χ2v) is 2.21. The molecule has 0 saturated heterocycles. The zero-order chi connectivity index (χ0) is 7.56. The van der Waals surface area contributed by atoms with Crippen molar-refractivity contribution in [2.24, 2.45) is 5.73 Å². The predicted molar refractivity (Wildman–Crippen MR) is 38.1 cm³/mol. The lowest BCUT2D eigenvalue weighted by Gasteiger charge is -1.98. The first-order valence-corrected chi connectivity index (χ1v) is 3.18. The minimum Gasteiger partial charge on any atom is -0.326 e. The van der Waals surface area contributed by atoms with E-state index in [1.54, 1.807) is 12.1 Å². The van der Waals surface area contributed by atoms with Gasteiger partial charge >= 0.3 is 0 Å². The Kier molecular flexibility index (Phi) is 2.25. The van der Waals surface area contributed by atoms with Crippen LogP contribution in [0.4, 0.5) is 4.39 Å². The average Bonchev–Trinajstić information content (AvgIpc) is 1.95. The van der Waals surface area contributed by atoms with Gasteiger partial charge in [-0.1, -0.05) is 23.7 Å². The van der Waals surface area contributed by atoms with Crippen molar-refractivity contribution in [3.63, 3.8) is 0 Å². The fourth-order valence-electron chi connectivity index (χ4n) is 0.651. The van der Waals surface area contributed by atoms with Gasteiger partial charge < -0.3 is 5.73 Å². The molecule has 10 heavy (non-hydrogen) atoms. The highest BCUT2D eigenvalue weighted by Gasteiger charge is 2.02. The minimum atomic E-state index is -0.466. The Hall–Kier alpha value is -0.600. The SMILES string of the molecule is NCc1cc[c]c(Cl)c1F. The molecule has 0 saturated carbocycles. The lowest BCUT2D eigenvalue weighted by molar-refractivity contribution is 0.611. The Morgan fingerprint density at radius 3 is 2.90 bits per heavy atom. The normalized spacial score (nSPS) is 9.90. The second kappa shape index (κ2) is 2.99. The molecule has 1 radical (unpaired) electrons. The fraction of sp³-hybridized carbons (Fsp3) is 0.143. The monoisotopic (exact) mass is 158 g/mol. The third-order valence-corrected chi connectivity index (χ3v) is 1.46. The topological polar surface area (TPSA) is 26.0 Å². The summed E-state index contributed by atoms with van der Waals surface area (Å²) < 4.78 is 12.8. The first kappa shape index (κ1) is 7.51. The average molecular weight is 159 g/mol. The van der Waals surface area contributed by atoms with Crippen LogP contribution in [0.5, 0.6) is 0 Å². The van der Waals surface area contributed by atoms with Crippen LogP contribution in [-0.2, 0) is 6.54 Å². The standard InChI is InChI=1S/C7H6ClFN/c8-6-3-1-2-5(4-10)7(6)9/h1-2H,4,10H2. The van der Waals surface area contributed by atoms with Crippen molar-refractivity contribution in [1.82, 2.24) is 0 Å². The summed E-state index contributed by atoms with van der Waals surface area (Å²) in [5.74, 6) is -0.466. The molecule has 0 aromatic heterocycles. The van der Waals surface area contributed by atoms with E-state index >= 15 is 0 Å². The van der Waals surface area contributed by atoms with E-state index in [2.05, 4.69) is 6.07 Å². The predicted octanol–water partition coefficient (Wildman–Crippen LogP) is 1.74. The summed E-state index contributed by atoms with van der Waals surface area (Å²) in [5, 5.41) is 0.00273. The molecule has 0 bridgehead atoms.